The molecule has 0 fully saturated rings. The zero-order valence-corrected chi connectivity index (χ0v) is 18.1. The maximum absolute atomic E-state index is 12.9. The van der Waals surface area contributed by atoms with Crippen LogP contribution >= 0.6 is 0 Å². The molecule has 1 heterocycles. The lowest BCUT2D eigenvalue weighted by Crippen LogP contribution is -2.16. The van der Waals surface area contributed by atoms with Gasteiger partial charge in [-0.2, -0.15) is 0 Å². The molecule has 168 valence electrons. The molecule has 0 saturated carbocycles. The minimum absolute atomic E-state index is 0.123. The van der Waals surface area contributed by atoms with Gasteiger partial charge in [-0.3, -0.25) is 4.79 Å². The van der Waals surface area contributed by atoms with E-state index in [0.717, 1.165) is 0 Å². The molecule has 3 aromatic rings. The highest BCUT2D eigenvalue weighted by molar-refractivity contribution is 6.08. The second kappa shape index (κ2) is 10.2. The Kier molecular flexibility index (Phi) is 7.21. The number of carbonyl (C=O) groups is 2. The zero-order valence-electron chi connectivity index (χ0n) is 18.1. The summed E-state index contributed by atoms with van der Waals surface area (Å²) in [6.45, 7) is 2.68. The van der Waals surface area contributed by atoms with Gasteiger partial charge < -0.3 is 24.3 Å². The van der Waals surface area contributed by atoms with Gasteiger partial charge in [-0.25, -0.2) is 9.48 Å². The second-order valence-corrected chi connectivity index (χ2v) is 6.43. The monoisotopic (exact) mass is 441 g/mol. The maximum atomic E-state index is 12.9. The van der Waals surface area contributed by atoms with Crippen molar-refractivity contribution in [2.75, 3.05) is 26.6 Å². The molecule has 0 spiro atoms. The number of methoxy groups -OCH3 is 3. The van der Waals surface area contributed by atoms with Gasteiger partial charge in [-0.1, -0.05) is 6.07 Å². The number of ether oxygens (including phenoxy) is 4. The fourth-order valence-electron chi connectivity index (χ4n) is 2.90. The Bertz CT molecular complexity index is 1110. The molecule has 0 aliphatic rings. The molecular weight excluding hydrogens is 418 g/mol. The minimum atomic E-state index is -0.632. The first kappa shape index (κ1) is 22.5. The Labute approximate surface area is 184 Å². The van der Waals surface area contributed by atoms with Gasteiger partial charge in [0.05, 0.1) is 32.6 Å². The van der Waals surface area contributed by atoms with Crippen molar-refractivity contribution in [2.24, 2.45) is 0 Å². The number of carbonyl (C=O) groups excluding carboxylic acids is 2. The molecule has 1 aromatic heterocycles. The number of esters is 1. The Morgan fingerprint density at radius 1 is 1.06 bits per heavy atom. The summed E-state index contributed by atoms with van der Waals surface area (Å²) in [5.74, 6) is 0.620. The van der Waals surface area contributed by atoms with E-state index in [1.54, 1.807) is 28.9 Å². The van der Waals surface area contributed by atoms with Crippen molar-refractivity contribution in [3.05, 3.63) is 53.3 Å². The van der Waals surface area contributed by atoms with Crippen molar-refractivity contribution in [3.63, 3.8) is 0 Å². The summed E-state index contributed by atoms with van der Waals surface area (Å²) < 4.78 is 22.7. The zero-order chi connectivity index (χ0) is 23.1. The van der Waals surface area contributed by atoms with E-state index in [2.05, 4.69) is 20.8 Å². The first-order valence-electron chi connectivity index (χ1n) is 9.64. The number of anilines is 1. The van der Waals surface area contributed by atoms with Crippen molar-refractivity contribution in [3.8, 4) is 17.2 Å². The van der Waals surface area contributed by atoms with Gasteiger partial charge in [0.1, 0.15) is 12.4 Å². The molecule has 2 aromatic carbocycles. The molecule has 0 unspecified atom stereocenters. The summed E-state index contributed by atoms with van der Waals surface area (Å²) in [6, 6.07) is 9.53. The lowest BCUT2D eigenvalue weighted by molar-refractivity contribution is 0.0601. The first-order chi connectivity index (χ1) is 15.5. The molecule has 3 rings (SSSR count). The van der Waals surface area contributed by atoms with E-state index < -0.39 is 11.9 Å². The van der Waals surface area contributed by atoms with E-state index in [4.69, 9.17) is 18.9 Å². The number of nitrogens with one attached hydrogen (secondary N) is 1. The van der Waals surface area contributed by atoms with Gasteiger partial charge in [0.25, 0.3) is 5.91 Å². The van der Waals surface area contributed by atoms with Gasteiger partial charge in [0.2, 0.25) is 0 Å². The van der Waals surface area contributed by atoms with Crippen molar-refractivity contribution in [1.29, 1.82) is 0 Å². The van der Waals surface area contributed by atoms with Gasteiger partial charge in [-0.15, -0.1) is 5.10 Å². The van der Waals surface area contributed by atoms with Crippen molar-refractivity contribution < 1.29 is 28.5 Å². The van der Waals surface area contributed by atoms with E-state index >= 15 is 0 Å². The molecule has 0 aliphatic heterocycles. The van der Waals surface area contributed by atoms with Crippen LogP contribution in [0.3, 0.4) is 0 Å². The van der Waals surface area contributed by atoms with Crippen LogP contribution in [0.25, 0.3) is 0 Å². The van der Waals surface area contributed by atoms with E-state index in [9.17, 15) is 9.59 Å². The lowest BCUT2D eigenvalue weighted by atomic mass is 10.1. The Balaban J connectivity index is 1.81. The molecule has 0 aliphatic carbocycles. The van der Waals surface area contributed by atoms with Crippen LogP contribution in [0.4, 0.5) is 5.69 Å². The number of benzene rings is 2. The third kappa shape index (κ3) is 4.94. The smallest absolute Gasteiger partial charge is 0.340 e. The molecule has 1 N–H and O–H groups in total. The Morgan fingerprint density at radius 2 is 1.81 bits per heavy atom. The number of tetrazole rings is 1. The number of hydrogen-bond donors (Lipinski definition) is 1. The predicted molar refractivity (Wildman–Crippen MR) is 113 cm³/mol. The van der Waals surface area contributed by atoms with Crippen LogP contribution in [0.15, 0.2) is 36.4 Å². The molecule has 0 bridgehead atoms. The minimum Gasteiger partial charge on any atom is -0.493 e. The third-order valence-electron chi connectivity index (χ3n) is 4.55. The number of aromatic nitrogens is 4. The predicted octanol–water partition coefficient (Wildman–Crippen LogP) is 2.33. The van der Waals surface area contributed by atoms with Crippen LogP contribution in [0.1, 0.15) is 33.5 Å². The van der Waals surface area contributed by atoms with E-state index in [1.165, 1.54) is 33.5 Å². The molecule has 11 heteroatoms. The summed E-state index contributed by atoms with van der Waals surface area (Å²) in [7, 11) is 4.15. The van der Waals surface area contributed by atoms with Crippen molar-refractivity contribution in [1.82, 2.24) is 20.2 Å². The molecule has 1 amide bonds. The van der Waals surface area contributed by atoms with Crippen LogP contribution < -0.4 is 19.5 Å². The van der Waals surface area contributed by atoms with Crippen LogP contribution in [-0.4, -0.2) is 53.4 Å². The number of hydrogen-bond acceptors (Lipinski definition) is 9. The fourth-order valence-corrected chi connectivity index (χ4v) is 2.90. The first-order valence-corrected chi connectivity index (χ1v) is 9.64. The van der Waals surface area contributed by atoms with Crippen LogP contribution in [0.5, 0.6) is 17.2 Å². The average molecular weight is 441 g/mol. The normalized spacial score (nSPS) is 10.4. The van der Waals surface area contributed by atoms with Gasteiger partial charge in [-0.05, 0) is 35.5 Å². The Morgan fingerprint density at radius 3 is 2.50 bits per heavy atom. The summed E-state index contributed by atoms with van der Waals surface area (Å²) in [5.41, 5.74) is 0.661. The van der Waals surface area contributed by atoms with Crippen LogP contribution in [-0.2, 0) is 17.9 Å². The quantitative estimate of drug-likeness (QED) is 0.498. The number of aryl methyl sites for hydroxylation is 1. The van der Waals surface area contributed by atoms with E-state index in [-0.39, 0.29) is 17.9 Å². The third-order valence-corrected chi connectivity index (χ3v) is 4.55. The number of nitrogens with zero attached hydrogens (tertiary/aromatic N) is 4. The number of rotatable bonds is 9. The topological polar surface area (TPSA) is 127 Å². The molecular formula is C21H23N5O6. The maximum Gasteiger partial charge on any atom is 0.340 e. The molecule has 0 saturated heterocycles. The van der Waals surface area contributed by atoms with Crippen molar-refractivity contribution in [2.45, 2.75) is 20.1 Å². The van der Waals surface area contributed by atoms with Crippen molar-refractivity contribution >= 4 is 17.6 Å². The summed E-state index contributed by atoms with van der Waals surface area (Å²) in [4.78, 5) is 25.1. The molecule has 0 radical (unpaired) electrons. The summed E-state index contributed by atoms with van der Waals surface area (Å²) >= 11 is 0. The molecule has 0 atom stereocenters. The summed E-state index contributed by atoms with van der Waals surface area (Å²) in [5, 5.41) is 14.1. The second-order valence-electron chi connectivity index (χ2n) is 6.43. The lowest BCUT2D eigenvalue weighted by Gasteiger charge is -2.15. The molecule has 11 nitrogen and oxygen atoms in total. The average Bonchev–Trinajstić information content (AvgIpc) is 3.29. The largest absolute Gasteiger partial charge is 0.493 e. The van der Waals surface area contributed by atoms with Gasteiger partial charge in [0, 0.05) is 24.2 Å². The highest BCUT2D eigenvalue weighted by Crippen LogP contribution is 2.34. The van der Waals surface area contributed by atoms with Crippen LogP contribution in [0.2, 0.25) is 0 Å². The van der Waals surface area contributed by atoms with Gasteiger partial charge in [0.15, 0.2) is 17.3 Å². The highest BCUT2D eigenvalue weighted by Gasteiger charge is 2.20. The van der Waals surface area contributed by atoms with E-state index in [0.29, 0.717) is 35.2 Å². The SMILES string of the molecule is CCn1nnnc1COc1cccc(C(=O)Nc2cc(OC)c(OC)cc2C(=O)OC)c1. The van der Waals surface area contributed by atoms with E-state index in [1.807, 2.05) is 6.92 Å². The Hall–Kier alpha value is -4.15. The highest BCUT2D eigenvalue weighted by atomic mass is 16.5. The van der Waals surface area contributed by atoms with Gasteiger partial charge >= 0.3 is 5.97 Å². The summed E-state index contributed by atoms with van der Waals surface area (Å²) in [6.07, 6.45) is 0. The standard InChI is InChI=1S/C21H23N5O6/c1-5-26-19(23-24-25-26)12-32-14-8-6-7-13(9-14)20(27)22-16-11-18(30-3)17(29-2)10-15(16)21(28)31-4/h6-11H,5,12H2,1-4H3,(H,22,27). The number of amides is 1. The molecule has 32 heavy (non-hydrogen) atoms. The fraction of sp³-hybridized carbons (Fsp3) is 0.286. The van der Waals surface area contributed by atoms with Crippen LogP contribution in [0, 0.1) is 0 Å².